The average molecular weight is 210 g/mol. The lowest BCUT2D eigenvalue weighted by molar-refractivity contribution is 0.584. The first-order valence-electron chi connectivity index (χ1n) is 4.74. The van der Waals surface area contributed by atoms with Crippen molar-refractivity contribution in [1.82, 2.24) is 9.34 Å². The molecule has 0 radical (unpaired) electrons. The van der Waals surface area contributed by atoms with Crippen LogP contribution in [0.1, 0.15) is 5.56 Å². The first-order chi connectivity index (χ1) is 6.54. The van der Waals surface area contributed by atoms with Gasteiger partial charge in [-0.05, 0) is 40.7 Å². The van der Waals surface area contributed by atoms with Gasteiger partial charge in [0.05, 0.1) is 8.22 Å². The van der Waals surface area contributed by atoms with Gasteiger partial charge in [0.1, 0.15) is 0 Å². The zero-order valence-electron chi connectivity index (χ0n) is 9.65. The van der Waals surface area contributed by atoms with Crippen LogP contribution in [0.4, 0.5) is 0 Å². The van der Waals surface area contributed by atoms with Gasteiger partial charge in [0.15, 0.2) is 0 Å². The molecule has 0 amide bonds. The lowest BCUT2D eigenvalue weighted by atomic mass is 10.2. The van der Waals surface area contributed by atoms with Gasteiger partial charge in [-0.25, -0.2) is 0 Å². The molecule has 0 aliphatic carbocycles. The zero-order chi connectivity index (χ0) is 10.7. The van der Waals surface area contributed by atoms with Gasteiger partial charge >= 0.3 is 0 Å². The number of hydrogen-bond donors (Lipinski definition) is 0. The fraction of sp³-hybridized carbons (Fsp3) is 0.455. The number of aryl methyl sites for hydroxylation is 1. The van der Waals surface area contributed by atoms with E-state index in [4.69, 9.17) is 0 Å². The lowest BCUT2D eigenvalue weighted by Gasteiger charge is -2.31. The van der Waals surface area contributed by atoms with Crippen LogP contribution in [0.3, 0.4) is 0 Å². The molecule has 0 N–H and O–H groups in total. The van der Waals surface area contributed by atoms with Crippen LogP contribution < -0.4 is 5.30 Å². The highest BCUT2D eigenvalue weighted by atomic mass is 31.1. The summed E-state index contributed by atoms with van der Waals surface area (Å²) in [5.41, 5.74) is 1.38. The van der Waals surface area contributed by atoms with Crippen molar-refractivity contribution < 1.29 is 0 Å². The van der Waals surface area contributed by atoms with Crippen LogP contribution in [0, 0.1) is 6.92 Å². The van der Waals surface area contributed by atoms with Crippen LogP contribution in [0.2, 0.25) is 0 Å². The Labute approximate surface area is 88.4 Å². The third kappa shape index (κ3) is 2.54. The summed E-state index contributed by atoms with van der Waals surface area (Å²) >= 11 is 0. The predicted octanol–water partition coefficient (Wildman–Crippen LogP) is 2.06. The van der Waals surface area contributed by atoms with E-state index in [0.29, 0.717) is 0 Å². The van der Waals surface area contributed by atoms with E-state index in [-0.39, 0.29) is 8.22 Å². The summed E-state index contributed by atoms with van der Waals surface area (Å²) in [5, 5.41) is 1.44. The van der Waals surface area contributed by atoms with Crippen molar-refractivity contribution in [1.29, 1.82) is 0 Å². The van der Waals surface area contributed by atoms with E-state index < -0.39 is 0 Å². The summed E-state index contributed by atoms with van der Waals surface area (Å²) in [5.74, 6) is 0. The molecule has 0 bridgehead atoms. The Morgan fingerprint density at radius 2 is 1.43 bits per heavy atom. The highest BCUT2D eigenvalue weighted by Gasteiger charge is 2.17. The summed E-state index contributed by atoms with van der Waals surface area (Å²) in [6.45, 7) is 2.18. The van der Waals surface area contributed by atoms with Crippen molar-refractivity contribution in [3.63, 3.8) is 0 Å². The standard InChI is InChI=1S/C11H19N2P/c1-10-8-6-7-9-11(10)14(12(2)3)13(4)5/h6-9H,1-5H3. The van der Waals surface area contributed by atoms with Crippen LogP contribution in [0.25, 0.3) is 0 Å². The van der Waals surface area contributed by atoms with Gasteiger partial charge < -0.3 is 0 Å². The molecule has 0 saturated carbocycles. The predicted molar refractivity (Wildman–Crippen MR) is 65.1 cm³/mol. The van der Waals surface area contributed by atoms with E-state index >= 15 is 0 Å². The molecule has 0 aliphatic rings. The Bertz CT molecular complexity index is 289. The smallest absolute Gasteiger partial charge is 0.0716 e. The van der Waals surface area contributed by atoms with Gasteiger partial charge in [0.25, 0.3) is 0 Å². The number of hydrogen-bond acceptors (Lipinski definition) is 2. The van der Waals surface area contributed by atoms with Gasteiger partial charge in [-0.1, -0.05) is 24.3 Å². The molecule has 0 aromatic heterocycles. The molecule has 78 valence electrons. The minimum Gasteiger partial charge on any atom is -0.272 e. The van der Waals surface area contributed by atoms with Gasteiger partial charge in [0, 0.05) is 5.30 Å². The lowest BCUT2D eigenvalue weighted by Crippen LogP contribution is -2.25. The summed E-state index contributed by atoms with van der Waals surface area (Å²) in [4.78, 5) is 0. The Morgan fingerprint density at radius 1 is 0.929 bits per heavy atom. The SMILES string of the molecule is Cc1ccccc1P(N(C)C)N(C)C. The van der Waals surface area contributed by atoms with Crippen molar-refractivity contribution >= 4 is 13.5 Å². The van der Waals surface area contributed by atoms with Crippen LogP contribution in [0.5, 0.6) is 0 Å². The minimum atomic E-state index is -0.328. The van der Waals surface area contributed by atoms with E-state index in [1.807, 2.05) is 0 Å². The molecule has 2 nitrogen and oxygen atoms in total. The quantitative estimate of drug-likeness (QED) is 0.704. The van der Waals surface area contributed by atoms with Crippen molar-refractivity contribution in [2.75, 3.05) is 28.2 Å². The Kier molecular flexibility index (Phi) is 4.06. The Morgan fingerprint density at radius 3 is 1.86 bits per heavy atom. The molecular weight excluding hydrogens is 191 g/mol. The molecule has 0 spiro atoms. The largest absolute Gasteiger partial charge is 0.272 e. The maximum Gasteiger partial charge on any atom is 0.0716 e. The monoisotopic (exact) mass is 210 g/mol. The molecule has 1 aromatic carbocycles. The van der Waals surface area contributed by atoms with Gasteiger partial charge in [-0.3, -0.25) is 9.34 Å². The van der Waals surface area contributed by atoms with Crippen molar-refractivity contribution in [3.8, 4) is 0 Å². The normalized spacial score (nSPS) is 11.7. The highest BCUT2D eigenvalue weighted by Crippen LogP contribution is 2.39. The molecule has 14 heavy (non-hydrogen) atoms. The maximum atomic E-state index is 2.29. The van der Waals surface area contributed by atoms with E-state index in [0.717, 1.165) is 0 Å². The van der Waals surface area contributed by atoms with Crippen molar-refractivity contribution in [2.45, 2.75) is 6.92 Å². The maximum absolute atomic E-state index is 2.29. The first-order valence-corrected chi connectivity index (χ1v) is 5.99. The number of nitrogens with zero attached hydrogens (tertiary/aromatic N) is 2. The molecule has 0 unspecified atom stereocenters. The Hall–Kier alpha value is -0.430. The molecule has 1 aromatic rings. The minimum absolute atomic E-state index is 0.328. The molecule has 1 rings (SSSR count). The third-order valence-corrected chi connectivity index (χ3v) is 4.54. The van der Waals surface area contributed by atoms with Crippen LogP contribution in [-0.2, 0) is 0 Å². The second kappa shape index (κ2) is 4.88. The Balaban J connectivity index is 3.05. The topological polar surface area (TPSA) is 6.48 Å². The molecule has 0 heterocycles. The van der Waals surface area contributed by atoms with Gasteiger partial charge in [-0.2, -0.15) is 0 Å². The van der Waals surface area contributed by atoms with Gasteiger partial charge in [-0.15, -0.1) is 0 Å². The van der Waals surface area contributed by atoms with E-state index in [1.54, 1.807) is 0 Å². The van der Waals surface area contributed by atoms with E-state index in [9.17, 15) is 0 Å². The first kappa shape index (κ1) is 11.6. The molecule has 0 saturated heterocycles. The van der Waals surface area contributed by atoms with Crippen LogP contribution >= 0.6 is 8.22 Å². The molecular formula is C11H19N2P. The van der Waals surface area contributed by atoms with Gasteiger partial charge in [0.2, 0.25) is 0 Å². The fourth-order valence-electron chi connectivity index (χ4n) is 1.58. The van der Waals surface area contributed by atoms with Crippen LogP contribution in [-0.4, -0.2) is 37.5 Å². The molecule has 3 heteroatoms. The fourth-order valence-corrected chi connectivity index (χ4v) is 3.76. The van der Waals surface area contributed by atoms with E-state index in [1.165, 1.54) is 10.9 Å². The summed E-state index contributed by atoms with van der Waals surface area (Å²) in [7, 11) is 8.22. The van der Waals surface area contributed by atoms with Crippen LogP contribution in [0.15, 0.2) is 24.3 Å². The van der Waals surface area contributed by atoms with E-state index in [2.05, 4.69) is 68.7 Å². The van der Waals surface area contributed by atoms with Crippen molar-refractivity contribution in [2.24, 2.45) is 0 Å². The van der Waals surface area contributed by atoms with Crippen molar-refractivity contribution in [3.05, 3.63) is 29.8 Å². The second-order valence-electron chi connectivity index (χ2n) is 3.77. The highest BCUT2D eigenvalue weighted by molar-refractivity contribution is 7.61. The summed E-state index contributed by atoms with van der Waals surface area (Å²) < 4.78 is 4.58. The third-order valence-electron chi connectivity index (χ3n) is 2.09. The zero-order valence-corrected chi connectivity index (χ0v) is 10.5. The second-order valence-corrected chi connectivity index (χ2v) is 6.43. The molecule has 0 aliphatic heterocycles. The molecule has 0 fully saturated rings. The number of benzene rings is 1. The number of rotatable bonds is 3. The summed E-state index contributed by atoms with van der Waals surface area (Å²) in [6.07, 6.45) is 0. The summed E-state index contributed by atoms with van der Waals surface area (Å²) in [6, 6.07) is 8.61. The average Bonchev–Trinajstić information content (AvgIpc) is 2.07. The molecule has 0 atom stereocenters.